The fourth-order valence-corrected chi connectivity index (χ4v) is 7.12. The number of hydrogen-bond donors (Lipinski definition) is 1. The van der Waals surface area contributed by atoms with E-state index < -0.39 is 13.6 Å². The predicted octanol–water partition coefficient (Wildman–Crippen LogP) is 4.48. The van der Waals surface area contributed by atoms with E-state index >= 15 is 0 Å². The van der Waals surface area contributed by atoms with E-state index in [9.17, 15) is 9.59 Å². The lowest BCUT2D eigenvalue weighted by molar-refractivity contribution is -0.125. The van der Waals surface area contributed by atoms with Crippen molar-refractivity contribution in [3.8, 4) is 0 Å². The van der Waals surface area contributed by atoms with Gasteiger partial charge in [-0.2, -0.15) is 0 Å². The number of hydrogen-bond acceptors (Lipinski definition) is 2. The summed E-state index contributed by atoms with van der Waals surface area (Å²) in [6.07, 6.45) is 0. The van der Waals surface area contributed by atoms with Gasteiger partial charge < -0.3 is 5.32 Å². The van der Waals surface area contributed by atoms with Gasteiger partial charge in [-0.3, -0.25) is 4.79 Å². The van der Waals surface area contributed by atoms with Crippen LogP contribution in [0.15, 0.2) is 72.4 Å². The molecule has 2 aromatic carbocycles. The highest BCUT2D eigenvalue weighted by Gasteiger charge is 2.58. The van der Waals surface area contributed by atoms with Crippen LogP contribution in [0, 0.1) is 11.8 Å². The SMILES string of the molecule is C=C(C(C)C1(C(C)C)NC(=O)N(c2ccccc2)C1=O)[Si](C)(C)c1ccccc1. The zero-order chi connectivity index (χ0) is 21.4. The summed E-state index contributed by atoms with van der Waals surface area (Å²) in [5, 5.41) is 5.40. The van der Waals surface area contributed by atoms with Crippen molar-refractivity contribution >= 4 is 30.9 Å². The Balaban J connectivity index is 2.02. The van der Waals surface area contributed by atoms with E-state index in [1.807, 2.05) is 57.2 Å². The number of rotatable bonds is 6. The molecular formula is C24H30N2O2Si. The highest BCUT2D eigenvalue weighted by Crippen LogP contribution is 2.40. The quantitative estimate of drug-likeness (QED) is 0.568. The lowest BCUT2D eigenvalue weighted by Gasteiger charge is -2.41. The molecule has 1 aliphatic heterocycles. The van der Waals surface area contributed by atoms with Gasteiger partial charge in [-0.05, 0) is 18.1 Å². The third-order valence-electron chi connectivity index (χ3n) is 6.50. The van der Waals surface area contributed by atoms with Gasteiger partial charge in [0.15, 0.2) is 0 Å². The van der Waals surface area contributed by atoms with Gasteiger partial charge in [0.25, 0.3) is 5.91 Å². The Bertz CT molecular complexity index is 924. The van der Waals surface area contributed by atoms with Crippen LogP contribution in [0.5, 0.6) is 0 Å². The first-order chi connectivity index (χ1) is 13.6. The Kier molecular flexibility index (Phi) is 5.54. The Morgan fingerprint density at radius 2 is 1.48 bits per heavy atom. The number of carbonyl (C=O) groups excluding carboxylic acids is 2. The number of benzene rings is 2. The van der Waals surface area contributed by atoms with Crippen molar-refractivity contribution in [1.82, 2.24) is 5.32 Å². The lowest BCUT2D eigenvalue weighted by Crippen LogP contribution is -2.60. The number of para-hydroxylation sites is 1. The van der Waals surface area contributed by atoms with E-state index in [1.54, 1.807) is 12.1 Å². The monoisotopic (exact) mass is 406 g/mol. The molecule has 29 heavy (non-hydrogen) atoms. The number of nitrogens with one attached hydrogen (secondary N) is 1. The first-order valence-corrected chi connectivity index (χ1v) is 13.1. The van der Waals surface area contributed by atoms with E-state index in [0.717, 1.165) is 5.20 Å². The van der Waals surface area contributed by atoms with Crippen molar-refractivity contribution in [1.29, 1.82) is 0 Å². The van der Waals surface area contributed by atoms with Crippen molar-refractivity contribution in [3.05, 3.63) is 72.4 Å². The van der Waals surface area contributed by atoms with E-state index in [2.05, 4.69) is 37.1 Å². The molecule has 0 spiro atoms. The summed E-state index contributed by atoms with van der Waals surface area (Å²) < 4.78 is 0. The van der Waals surface area contributed by atoms with Gasteiger partial charge in [0.05, 0.1) is 5.69 Å². The average molecular weight is 407 g/mol. The number of anilines is 1. The van der Waals surface area contributed by atoms with Crippen LogP contribution in [-0.4, -0.2) is 25.6 Å². The van der Waals surface area contributed by atoms with E-state index in [1.165, 1.54) is 10.1 Å². The van der Waals surface area contributed by atoms with Gasteiger partial charge in [-0.1, -0.05) is 92.8 Å². The molecule has 1 N–H and O–H groups in total. The Morgan fingerprint density at radius 3 is 2.00 bits per heavy atom. The molecule has 1 saturated heterocycles. The molecule has 5 heteroatoms. The molecule has 3 rings (SSSR count). The van der Waals surface area contributed by atoms with Gasteiger partial charge in [0.1, 0.15) is 13.6 Å². The third-order valence-corrected chi connectivity index (χ3v) is 10.3. The minimum absolute atomic E-state index is 0.0833. The van der Waals surface area contributed by atoms with Crippen LogP contribution < -0.4 is 15.4 Å². The molecular weight excluding hydrogens is 376 g/mol. The summed E-state index contributed by atoms with van der Waals surface area (Å²) in [4.78, 5) is 27.9. The van der Waals surface area contributed by atoms with E-state index in [-0.39, 0.29) is 23.8 Å². The molecule has 4 nitrogen and oxygen atoms in total. The highest BCUT2D eigenvalue weighted by atomic mass is 28.3. The van der Waals surface area contributed by atoms with Crippen LogP contribution in [0.25, 0.3) is 0 Å². The van der Waals surface area contributed by atoms with Gasteiger partial charge >= 0.3 is 6.03 Å². The Hall–Kier alpha value is -2.66. The summed E-state index contributed by atoms with van der Waals surface area (Å²) in [5.41, 5.74) is -0.418. The predicted molar refractivity (Wildman–Crippen MR) is 122 cm³/mol. The fraction of sp³-hybridized carbons (Fsp3) is 0.333. The molecule has 2 aromatic rings. The molecule has 152 valence electrons. The summed E-state index contributed by atoms with van der Waals surface area (Å²) >= 11 is 0. The van der Waals surface area contributed by atoms with Crippen LogP contribution >= 0.6 is 0 Å². The first kappa shape index (κ1) is 21.1. The molecule has 3 amide bonds. The minimum Gasteiger partial charge on any atom is -0.322 e. The second kappa shape index (κ2) is 7.63. The van der Waals surface area contributed by atoms with Crippen LogP contribution in [0.2, 0.25) is 13.1 Å². The minimum atomic E-state index is -2.08. The summed E-state index contributed by atoms with van der Waals surface area (Å²) in [6.45, 7) is 15.0. The van der Waals surface area contributed by atoms with Crippen molar-refractivity contribution in [3.63, 3.8) is 0 Å². The van der Waals surface area contributed by atoms with Gasteiger partial charge in [-0.15, -0.1) is 6.58 Å². The van der Waals surface area contributed by atoms with E-state index in [0.29, 0.717) is 5.69 Å². The second-order valence-electron chi connectivity index (χ2n) is 8.67. The van der Waals surface area contributed by atoms with Crippen molar-refractivity contribution < 1.29 is 9.59 Å². The van der Waals surface area contributed by atoms with Gasteiger partial charge in [0, 0.05) is 5.92 Å². The number of amides is 3. The second-order valence-corrected chi connectivity index (χ2v) is 13.1. The van der Waals surface area contributed by atoms with Crippen LogP contribution in [0.3, 0.4) is 0 Å². The van der Waals surface area contributed by atoms with Gasteiger partial charge in [-0.25, -0.2) is 9.69 Å². The maximum absolute atomic E-state index is 13.7. The molecule has 1 aliphatic rings. The Labute approximate surface area is 174 Å². The standard InChI is InChI=1S/C24H30N2O2Si/c1-17(2)24(18(3)19(4)29(5,6)21-15-11-8-12-16-21)22(27)26(23(28)25-24)20-13-9-7-10-14-20/h7-18H,4H2,1-3,5-6H3,(H,25,28). The summed E-state index contributed by atoms with van der Waals surface area (Å²) in [5.74, 6) is -0.482. The van der Waals surface area contributed by atoms with Crippen molar-refractivity contribution in [2.24, 2.45) is 11.8 Å². The lowest BCUT2D eigenvalue weighted by atomic mass is 9.75. The molecule has 0 radical (unpaired) electrons. The molecule has 0 bridgehead atoms. The van der Waals surface area contributed by atoms with Crippen LogP contribution in [0.1, 0.15) is 20.8 Å². The highest BCUT2D eigenvalue weighted by molar-refractivity contribution is 6.95. The number of imide groups is 1. The zero-order valence-electron chi connectivity index (χ0n) is 17.9. The third kappa shape index (κ3) is 3.33. The molecule has 1 heterocycles. The topological polar surface area (TPSA) is 49.4 Å². The maximum atomic E-state index is 13.7. The smallest absolute Gasteiger partial charge is 0.322 e. The Morgan fingerprint density at radius 1 is 0.966 bits per heavy atom. The molecule has 2 unspecified atom stereocenters. The number of carbonyl (C=O) groups is 2. The first-order valence-electron chi connectivity index (χ1n) is 10.1. The van der Waals surface area contributed by atoms with Gasteiger partial charge in [0.2, 0.25) is 0 Å². The van der Waals surface area contributed by atoms with Crippen LogP contribution in [0.4, 0.5) is 10.5 Å². The molecule has 0 aliphatic carbocycles. The normalized spacial score (nSPS) is 20.7. The fourth-order valence-electron chi connectivity index (χ4n) is 4.42. The summed E-state index contributed by atoms with van der Waals surface area (Å²) in [7, 11) is -2.08. The molecule has 2 atom stereocenters. The van der Waals surface area contributed by atoms with Crippen molar-refractivity contribution in [2.75, 3.05) is 4.90 Å². The maximum Gasteiger partial charge on any atom is 0.329 e. The van der Waals surface area contributed by atoms with Crippen LogP contribution in [-0.2, 0) is 4.79 Å². The largest absolute Gasteiger partial charge is 0.329 e. The molecule has 0 saturated carbocycles. The molecule has 0 aromatic heterocycles. The zero-order valence-corrected chi connectivity index (χ0v) is 18.9. The number of nitrogens with zero attached hydrogens (tertiary/aromatic N) is 1. The summed E-state index contributed by atoms with van der Waals surface area (Å²) in [6, 6.07) is 19.1. The number of urea groups is 1. The average Bonchev–Trinajstić information content (AvgIpc) is 2.99. The van der Waals surface area contributed by atoms with E-state index in [4.69, 9.17) is 0 Å². The van der Waals surface area contributed by atoms with Crippen molar-refractivity contribution in [2.45, 2.75) is 39.4 Å². The molecule has 1 fully saturated rings.